The van der Waals surface area contributed by atoms with E-state index in [1.807, 2.05) is 13.0 Å². The number of pyridine rings is 1. The maximum absolute atomic E-state index is 10.9. The molecule has 1 aromatic carbocycles. The molecule has 7 heteroatoms. The van der Waals surface area contributed by atoms with Gasteiger partial charge >= 0.3 is 0 Å². The lowest BCUT2D eigenvalue weighted by molar-refractivity contribution is -0.383. The zero-order valence-corrected chi connectivity index (χ0v) is 10.6. The third kappa shape index (κ3) is 1.85. The predicted octanol–water partition coefficient (Wildman–Crippen LogP) is 2.42. The van der Waals surface area contributed by atoms with Gasteiger partial charge in [0.15, 0.2) is 5.65 Å². The second-order valence-corrected chi connectivity index (χ2v) is 4.44. The first-order valence-corrected chi connectivity index (χ1v) is 5.92. The lowest BCUT2D eigenvalue weighted by Gasteiger charge is -2.00. The first-order chi connectivity index (χ1) is 9.56. The van der Waals surface area contributed by atoms with Crippen molar-refractivity contribution in [2.75, 3.05) is 5.73 Å². The van der Waals surface area contributed by atoms with Crippen molar-refractivity contribution in [3.8, 4) is 11.4 Å². The van der Waals surface area contributed by atoms with Crippen LogP contribution in [0, 0.1) is 17.0 Å². The number of aromatic amines is 1. The average Bonchev–Trinajstić information content (AvgIpc) is 2.84. The molecule has 0 radical (unpaired) electrons. The first-order valence-electron chi connectivity index (χ1n) is 5.92. The third-order valence-corrected chi connectivity index (χ3v) is 3.10. The SMILES string of the molecule is Cc1ccnc2nc(-c3ccc(N)c([N+](=O)[O-])c3)[nH]c12. The Balaban J connectivity index is 2.18. The normalized spacial score (nSPS) is 10.8. The minimum Gasteiger partial charge on any atom is -0.393 e. The van der Waals surface area contributed by atoms with Gasteiger partial charge in [0.25, 0.3) is 5.69 Å². The van der Waals surface area contributed by atoms with Crippen molar-refractivity contribution in [2.24, 2.45) is 0 Å². The molecule has 3 N–H and O–H groups in total. The van der Waals surface area contributed by atoms with Crippen LogP contribution in [0.3, 0.4) is 0 Å². The topological polar surface area (TPSA) is 111 Å². The molecule has 7 nitrogen and oxygen atoms in total. The van der Waals surface area contributed by atoms with E-state index in [9.17, 15) is 10.1 Å². The Bertz CT molecular complexity index is 825. The van der Waals surface area contributed by atoms with E-state index < -0.39 is 4.92 Å². The largest absolute Gasteiger partial charge is 0.393 e. The van der Waals surface area contributed by atoms with Gasteiger partial charge in [-0.25, -0.2) is 9.97 Å². The van der Waals surface area contributed by atoms with Crippen LogP contribution < -0.4 is 5.73 Å². The maximum Gasteiger partial charge on any atom is 0.292 e. The summed E-state index contributed by atoms with van der Waals surface area (Å²) in [7, 11) is 0. The van der Waals surface area contributed by atoms with Gasteiger partial charge in [-0.1, -0.05) is 0 Å². The Hall–Kier alpha value is -2.96. The molecule has 0 bridgehead atoms. The number of nitrogens with zero attached hydrogens (tertiary/aromatic N) is 3. The van der Waals surface area contributed by atoms with Crippen LogP contribution in [0.2, 0.25) is 0 Å². The molecule has 0 aliphatic heterocycles. The molecule has 100 valence electrons. The van der Waals surface area contributed by atoms with E-state index in [-0.39, 0.29) is 11.4 Å². The van der Waals surface area contributed by atoms with Crippen LogP contribution in [0.15, 0.2) is 30.5 Å². The molecule has 0 aliphatic carbocycles. The van der Waals surface area contributed by atoms with E-state index in [1.165, 1.54) is 12.1 Å². The standard InChI is InChI=1S/C13H11N5O2/c1-7-4-5-15-13-11(7)16-12(17-13)8-2-3-9(14)10(6-8)18(19)20/h2-6H,14H2,1H3,(H,15,16,17). The fraction of sp³-hybridized carbons (Fsp3) is 0.0769. The smallest absolute Gasteiger partial charge is 0.292 e. The minimum atomic E-state index is -0.509. The molecule has 3 aromatic rings. The van der Waals surface area contributed by atoms with Crippen LogP contribution in [0.4, 0.5) is 11.4 Å². The maximum atomic E-state index is 10.9. The number of benzene rings is 1. The molecule has 0 saturated carbocycles. The van der Waals surface area contributed by atoms with Crippen molar-refractivity contribution in [2.45, 2.75) is 6.92 Å². The Kier molecular flexibility index (Phi) is 2.60. The Labute approximate surface area is 113 Å². The van der Waals surface area contributed by atoms with Gasteiger partial charge < -0.3 is 10.7 Å². The van der Waals surface area contributed by atoms with Crippen molar-refractivity contribution < 1.29 is 4.92 Å². The van der Waals surface area contributed by atoms with E-state index in [4.69, 9.17) is 5.73 Å². The van der Waals surface area contributed by atoms with Crippen molar-refractivity contribution >= 4 is 22.5 Å². The van der Waals surface area contributed by atoms with Crippen LogP contribution in [-0.4, -0.2) is 19.9 Å². The van der Waals surface area contributed by atoms with Crippen LogP contribution in [0.1, 0.15) is 5.56 Å². The molecule has 20 heavy (non-hydrogen) atoms. The number of hydrogen-bond acceptors (Lipinski definition) is 5. The number of H-pyrrole nitrogens is 1. The highest BCUT2D eigenvalue weighted by Crippen LogP contribution is 2.28. The van der Waals surface area contributed by atoms with Crippen LogP contribution >= 0.6 is 0 Å². The number of hydrogen-bond donors (Lipinski definition) is 2. The molecule has 0 amide bonds. The summed E-state index contributed by atoms with van der Waals surface area (Å²) in [6.45, 7) is 1.94. The molecule has 0 aliphatic rings. The fourth-order valence-corrected chi connectivity index (χ4v) is 2.02. The summed E-state index contributed by atoms with van der Waals surface area (Å²) < 4.78 is 0. The summed E-state index contributed by atoms with van der Waals surface area (Å²) in [6.07, 6.45) is 1.67. The number of nitro benzene ring substituents is 1. The summed E-state index contributed by atoms with van der Waals surface area (Å²) in [6, 6.07) is 6.47. The van der Waals surface area contributed by atoms with Crippen molar-refractivity contribution in [3.05, 3.63) is 46.1 Å². The van der Waals surface area contributed by atoms with E-state index in [2.05, 4.69) is 15.0 Å². The van der Waals surface area contributed by atoms with E-state index in [0.29, 0.717) is 17.0 Å². The highest BCUT2D eigenvalue weighted by Gasteiger charge is 2.15. The number of anilines is 1. The number of fused-ring (bicyclic) bond motifs is 1. The van der Waals surface area contributed by atoms with Crippen LogP contribution in [0.5, 0.6) is 0 Å². The molecule has 0 unspecified atom stereocenters. The molecule has 2 heterocycles. The number of nitrogens with one attached hydrogen (secondary N) is 1. The molecule has 2 aromatic heterocycles. The van der Waals surface area contributed by atoms with Gasteiger partial charge in [0, 0.05) is 17.8 Å². The van der Waals surface area contributed by atoms with E-state index in [1.54, 1.807) is 12.3 Å². The van der Waals surface area contributed by atoms with Gasteiger partial charge in [-0.3, -0.25) is 10.1 Å². The van der Waals surface area contributed by atoms with Gasteiger partial charge in [-0.2, -0.15) is 0 Å². The molecular weight excluding hydrogens is 258 g/mol. The molecule has 0 saturated heterocycles. The zero-order chi connectivity index (χ0) is 14.3. The average molecular weight is 269 g/mol. The quantitative estimate of drug-likeness (QED) is 0.421. The number of imidazole rings is 1. The zero-order valence-electron chi connectivity index (χ0n) is 10.6. The lowest BCUT2D eigenvalue weighted by Crippen LogP contribution is -1.96. The number of nitrogen functional groups attached to an aromatic ring is 1. The minimum absolute atomic E-state index is 0.129. The number of nitro groups is 1. The Morgan fingerprint density at radius 2 is 2.15 bits per heavy atom. The van der Waals surface area contributed by atoms with Gasteiger partial charge in [-0.15, -0.1) is 0 Å². The fourth-order valence-electron chi connectivity index (χ4n) is 2.02. The van der Waals surface area contributed by atoms with Crippen molar-refractivity contribution in [1.29, 1.82) is 0 Å². The third-order valence-electron chi connectivity index (χ3n) is 3.10. The summed E-state index contributed by atoms with van der Waals surface area (Å²) in [5, 5.41) is 10.9. The first kappa shape index (κ1) is 12.1. The number of aromatic nitrogens is 3. The Morgan fingerprint density at radius 3 is 2.85 bits per heavy atom. The Morgan fingerprint density at radius 1 is 1.35 bits per heavy atom. The van der Waals surface area contributed by atoms with Crippen LogP contribution in [0.25, 0.3) is 22.6 Å². The molecular formula is C13H11N5O2. The van der Waals surface area contributed by atoms with E-state index >= 15 is 0 Å². The van der Waals surface area contributed by atoms with Crippen molar-refractivity contribution in [1.82, 2.24) is 15.0 Å². The van der Waals surface area contributed by atoms with Gasteiger partial charge in [0.2, 0.25) is 0 Å². The number of nitrogens with two attached hydrogens (primary N) is 1. The molecule has 0 fully saturated rings. The summed E-state index contributed by atoms with van der Waals surface area (Å²) in [5.74, 6) is 0.532. The highest BCUT2D eigenvalue weighted by molar-refractivity contribution is 5.79. The van der Waals surface area contributed by atoms with Crippen LogP contribution in [-0.2, 0) is 0 Å². The van der Waals surface area contributed by atoms with Crippen molar-refractivity contribution in [3.63, 3.8) is 0 Å². The summed E-state index contributed by atoms with van der Waals surface area (Å²) in [4.78, 5) is 22.0. The number of aryl methyl sites for hydroxylation is 1. The van der Waals surface area contributed by atoms with Gasteiger partial charge in [-0.05, 0) is 30.7 Å². The highest BCUT2D eigenvalue weighted by atomic mass is 16.6. The summed E-state index contributed by atoms with van der Waals surface area (Å²) >= 11 is 0. The lowest BCUT2D eigenvalue weighted by atomic mass is 10.1. The predicted molar refractivity (Wildman–Crippen MR) is 75.1 cm³/mol. The summed E-state index contributed by atoms with van der Waals surface area (Å²) in [5.41, 5.74) is 8.60. The van der Waals surface area contributed by atoms with Gasteiger partial charge in [0.1, 0.15) is 11.5 Å². The number of rotatable bonds is 2. The molecule has 0 spiro atoms. The second kappa shape index (κ2) is 4.30. The molecule has 3 rings (SSSR count). The van der Waals surface area contributed by atoms with E-state index in [0.717, 1.165) is 11.1 Å². The van der Waals surface area contributed by atoms with Gasteiger partial charge in [0.05, 0.1) is 10.4 Å². The second-order valence-electron chi connectivity index (χ2n) is 4.44. The molecule has 0 atom stereocenters. The monoisotopic (exact) mass is 269 g/mol.